The number of allylic oxidation sites excluding steroid dienone is 2. The molecule has 1 saturated carbocycles. The van der Waals surface area contributed by atoms with E-state index in [4.69, 9.17) is 5.26 Å². The molecule has 5 nitrogen and oxygen atoms in total. The fraction of sp³-hybridized carbons (Fsp3) is 0.333. The predicted octanol–water partition coefficient (Wildman–Crippen LogP) is 2.09. The molecule has 5 heteroatoms. The van der Waals surface area contributed by atoms with Gasteiger partial charge in [0.2, 0.25) is 0 Å². The summed E-state index contributed by atoms with van der Waals surface area (Å²) in [6, 6.07) is 8.89. The highest BCUT2D eigenvalue weighted by molar-refractivity contribution is 6.06. The average Bonchev–Trinajstić information content (AvgIpc) is 2.88. The Balaban J connectivity index is 1.58. The van der Waals surface area contributed by atoms with E-state index < -0.39 is 0 Å². The van der Waals surface area contributed by atoms with Crippen molar-refractivity contribution in [2.24, 2.45) is 28.8 Å². The van der Waals surface area contributed by atoms with Gasteiger partial charge >= 0.3 is 0 Å². The van der Waals surface area contributed by atoms with Crippen LogP contribution in [0.3, 0.4) is 0 Å². The molecule has 0 radical (unpaired) electrons. The molecule has 4 atom stereocenters. The van der Waals surface area contributed by atoms with Gasteiger partial charge in [-0.15, -0.1) is 0 Å². The van der Waals surface area contributed by atoms with Crippen molar-refractivity contribution in [1.82, 2.24) is 5.01 Å². The number of rotatable bonds is 2. The van der Waals surface area contributed by atoms with Crippen molar-refractivity contribution in [3.63, 3.8) is 0 Å². The number of nitriles is 1. The molecule has 1 aromatic carbocycles. The molecule has 0 spiro atoms. The molecule has 0 N–H and O–H groups in total. The van der Waals surface area contributed by atoms with Crippen LogP contribution < -0.4 is 0 Å². The molecule has 0 unspecified atom stereocenters. The maximum absolute atomic E-state index is 12.6. The number of hydrogen-bond acceptors (Lipinski definition) is 4. The zero-order valence-electron chi connectivity index (χ0n) is 12.4. The first kappa shape index (κ1) is 13.9. The van der Waals surface area contributed by atoms with E-state index in [0.717, 1.165) is 23.4 Å². The highest BCUT2D eigenvalue weighted by atomic mass is 16.2. The van der Waals surface area contributed by atoms with Crippen molar-refractivity contribution in [2.45, 2.75) is 12.8 Å². The zero-order chi connectivity index (χ0) is 16.0. The van der Waals surface area contributed by atoms with E-state index in [0.29, 0.717) is 5.56 Å². The molecular weight excluding hydrogens is 290 g/mol. The molecule has 1 heterocycles. The second-order valence-electron chi connectivity index (χ2n) is 6.31. The van der Waals surface area contributed by atoms with E-state index in [9.17, 15) is 9.59 Å². The summed E-state index contributed by atoms with van der Waals surface area (Å²) in [5.41, 5.74) is 1.31. The number of nitrogens with zero attached hydrogens (tertiary/aromatic N) is 3. The van der Waals surface area contributed by atoms with Gasteiger partial charge in [-0.2, -0.15) is 15.4 Å². The Morgan fingerprint density at radius 3 is 2.09 bits per heavy atom. The summed E-state index contributed by atoms with van der Waals surface area (Å²) in [4.78, 5) is 25.2. The van der Waals surface area contributed by atoms with Gasteiger partial charge in [0.1, 0.15) is 0 Å². The summed E-state index contributed by atoms with van der Waals surface area (Å²) in [6.45, 7) is 0. The summed E-state index contributed by atoms with van der Waals surface area (Å²) in [6.07, 6.45) is 7.65. The second kappa shape index (κ2) is 5.17. The first-order valence-electron chi connectivity index (χ1n) is 7.79. The lowest BCUT2D eigenvalue weighted by Crippen LogP contribution is -2.38. The van der Waals surface area contributed by atoms with Gasteiger partial charge in [-0.05, 0) is 42.4 Å². The van der Waals surface area contributed by atoms with Crippen molar-refractivity contribution >= 4 is 18.0 Å². The summed E-state index contributed by atoms with van der Waals surface area (Å²) >= 11 is 0. The van der Waals surface area contributed by atoms with Crippen molar-refractivity contribution in [3.8, 4) is 6.07 Å². The number of fused-ring (bicyclic) bond motifs is 1. The lowest BCUT2D eigenvalue weighted by molar-refractivity contribution is -0.140. The number of amides is 2. The van der Waals surface area contributed by atoms with Gasteiger partial charge < -0.3 is 0 Å². The van der Waals surface area contributed by atoms with Gasteiger partial charge in [0.25, 0.3) is 11.8 Å². The van der Waals surface area contributed by atoms with E-state index in [1.54, 1.807) is 24.3 Å². The number of hydrazone groups is 1. The Hall–Kier alpha value is -2.74. The highest BCUT2D eigenvalue weighted by Gasteiger charge is 2.56. The molecule has 0 aromatic heterocycles. The van der Waals surface area contributed by atoms with Crippen LogP contribution in [0, 0.1) is 35.0 Å². The molecule has 2 bridgehead atoms. The van der Waals surface area contributed by atoms with E-state index in [1.807, 2.05) is 6.07 Å². The molecule has 4 aliphatic rings. The van der Waals surface area contributed by atoms with Crippen LogP contribution in [-0.4, -0.2) is 23.0 Å². The van der Waals surface area contributed by atoms with Crippen LogP contribution in [0.15, 0.2) is 41.5 Å². The van der Waals surface area contributed by atoms with Crippen LogP contribution in [0.25, 0.3) is 0 Å². The summed E-state index contributed by atoms with van der Waals surface area (Å²) in [7, 11) is 0. The standard InChI is InChI=1S/C18H15N3O2/c19-9-11-1-3-12(4-2-11)10-20-21-17(22)15-13-5-6-14(8-7-13)16(15)18(21)23/h1-6,10,13-16H,7-8H2/b20-10-/t13-,14-,15-,16-/m0/s1. The minimum absolute atomic E-state index is 0.177. The highest BCUT2D eigenvalue weighted by Crippen LogP contribution is 2.49. The summed E-state index contributed by atoms with van der Waals surface area (Å²) in [5.74, 6) is -0.463. The summed E-state index contributed by atoms with van der Waals surface area (Å²) < 4.78 is 0. The third kappa shape index (κ3) is 2.10. The quantitative estimate of drug-likeness (QED) is 0.477. The fourth-order valence-electron chi connectivity index (χ4n) is 3.94. The van der Waals surface area contributed by atoms with Gasteiger partial charge in [0.05, 0.1) is 29.7 Å². The summed E-state index contributed by atoms with van der Waals surface area (Å²) in [5, 5.41) is 14.0. The topological polar surface area (TPSA) is 73.5 Å². The minimum Gasteiger partial charge on any atom is -0.272 e. The first-order valence-corrected chi connectivity index (χ1v) is 7.79. The Morgan fingerprint density at radius 1 is 1.04 bits per heavy atom. The third-order valence-corrected chi connectivity index (χ3v) is 5.10. The van der Waals surface area contributed by atoms with Crippen molar-refractivity contribution in [2.75, 3.05) is 0 Å². The number of carbonyl (C=O) groups excluding carboxylic acids is 2. The van der Waals surface area contributed by atoms with Gasteiger partial charge in [-0.3, -0.25) is 9.59 Å². The first-order chi connectivity index (χ1) is 11.2. The van der Waals surface area contributed by atoms with Crippen LogP contribution in [0.1, 0.15) is 24.0 Å². The van der Waals surface area contributed by atoms with Crippen molar-refractivity contribution in [3.05, 3.63) is 47.5 Å². The van der Waals surface area contributed by atoms with Gasteiger partial charge in [0, 0.05) is 0 Å². The van der Waals surface area contributed by atoms with Crippen molar-refractivity contribution in [1.29, 1.82) is 5.26 Å². The maximum Gasteiger partial charge on any atom is 0.254 e. The molecular formula is C18H15N3O2. The van der Waals surface area contributed by atoms with Crippen LogP contribution in [0.5, 0.6) is 0 Å². The zero-order valence-corrected chi connectivity index (χ0v) is 12.4. The largest absolute Gasteiger partial charge is 0.272 e. The molecule has 5 rings (SSSR count). The lowest BCUT2D eigenvalue weighted by Gasteiger charge is -2.37. The minimum atomic E-state index is -0.232. The van der Waals surface area contributed by atoms with Crippen LogP contribution in [-0.2, 0) is 9.59 Å². The molecule has 2 fully saturated rings. The van der Waals surface area contributed by atoms with Crippen LogP contribution >= 0.6 is 0 Å². The number of carbonyl (C=O) groups is 2. The number of benzene rings is 1. The monoisotopic (exact) mass is 305 g/mol. The van der Waals surface area contributed by atoms with E-state index in [1.165, 1.54) is 6.21 Å². The fourth-order valence-corrected chi connectivity index (χ4v) is 3.94. The second-order valence-corrected chi connectivity index (χ2v) is 6.31. The molecule has 3 aliphatic carbocycles. The van der Waals surface area contributed by atoms with Gasteiger partial charge in [-0.25, -0.2) is 0 Å². The van der Waals surface area contributed by atoms with E-state index in [-0.39, 0.29) is 35.5 Å². The molecule has 23 heavy (non-hydrogen) atoms. The van der Waals surface area contributed by atoms with Gasteiger partial charge in [-0.1, -0.05) is 24.3 Å². The Morgan fingerprint density at radius 2 is 1.61 bits per heavy atom. The third-order valence-electron chi connectivity index (χ3n) is 5.10. The number of imide groups is 1. The Kier molecular flexibility index (Phi) is 3.12. The maximum atomic E-state index is 12.6. The predicted molar refractivity (Wildman–Crippen MR) is 82.9 cm³/mol. The average molecular weight is 305 g/mol. The molecule has 2 amide bonds. The van der Waals surface area contributed by atoms with E-state index in [2.05, 4.69) is 17.3 Å². The normalized spacial score (nSPS) is 31.7. The molecule has 1 aromatic rings. The molecule has 1 aliphatic heterocycles. The van der Waals surface area contributed by atoms with E-state index >= 15 is 0 Å². The van der Waals surface area contributed by atoms with Crippen LogP contribution in [0.2, 0.25) is 0 Å². The smallest absolute Gasteiger partial charge is 0.254 e. The SMILES string of the molecule is N#Cc1ccc(/C=N\N2C(=O)[C@@H]3[C@@H](C2=O)[C@H]2C=C[C@H]3CC2)cc1. The van der Waals surface area contributed by atoms with Crippen molar-refractivity contribution < 1.29 is 9.59 Å². The molecule has 114 valence electrons. The molecule has 1 saturated heterocycles. The van der Waals surface area contributed by atoms with Gasteiger partial charge in [0.15, 0.2) is 0 Å². The Labute approximate surface area is 133 Å². The number of hydrogen-bond donors (Lipinski definition) is 0. The Bertz CT molecular complexity index is 740. The van der Waals surface area contributed by atoms with Crippen LogP contribution in [0.4, 0.5) is 0 Å². The lowest BCUT2D eigenvalue weighted by atomic mass is 9.63.